The molecular formula is C63H120AlP. The molecule has 9 unspecified atom stereocenters. The van der Waals surface area contributed by atoms with Crippen molar-refractivity contribution in [3.05, 3.63) is 60.7 Å². The zero-order chi connectivity index (χ0) is 48.6. The van der Waals surface area contributed by atoms with Gasteiger partial charge in [-0.1, -0.05) is 316 Å². The van der Waals surface area contributed by atoms with Gasteiger partial charge in [-0.05, 0) is 56.2 Å². The first kappa shape index (κ1) is 64.4. The fourth-order valence-corrected chi connectivity index (χ4v) is 22.0. The van der Waals surface area contributed by atoms with Gasteiger partial charge in [0.15, 0.2) is 0 Å². The van der Waals surface area contributed by atoms with Gasteiger partial charge in [-0.3, -0.25) is 0 Å². The average Bonchev–Trinajstić information content (AvgIpc) is 3.31. The Bertz CT molecular complexity index is 1090. The van der Waals surface area contributed by atoms with Crippen molar-refractivity contribution in [2.45, 2.75) is 265 Å². The summed E-state index contributed by atoms with van der Waals surface area (Å²) in [6, 6.07) is 20.8. The molecule has 0 amide bonds. The van der Waals surface area contributed by atoms with Crippen molar-refractivity contribution in [2.24, 2.45) is 47.3 Å². The molecule has 0 heterocycles. The Hall–Kier alpha value is -0.598. The molecule has 0 aliphatic heterocycles. The van der Waals surface area contributed by atoms with E-state index in [-0.39, 0.29) is 0 Å². The topological polar surface area (TPSA) is 0 Å². The standard InChI is InChI=1S/C12H10.4C11H23.C7H17P.Al/c1-3-7-11(8-4-1)12-9-5-2-6-10-12;4*1-5-7-11(6-2)9-8-10(3)4;1-3-4-5-6-7-8-2;/h1-10H;4*10-11H,3,5-9H2,1-2,4H3;8H,3-7H2,1-2H3;/q;;;;;;-1/p+1. The lowest BCUT2D eigenvalue weighted by molar-refractivity contribution is 0.368. The van der Waals surface area contributed by atoms with E-state index in [1.165, 1.54) is 171 Å². The van der Waals surface area contributed by atoms with E-state index in [1.54, 1.807) is 21.1 Å². The zero-order valence-electron chi connectivity index (χ0n) is 47.1. The van der Waals surface area contributed by atoms with Gasteiger partial charge in [0, 0.05) is 6.66 Å². The monoisotopic (exact) mass is 935 g/mol. The van der Waals surface area contributed by atoms with Crippen molar-refractivity contribution in [1.29, 1.82) is 0 Å². The Morgan fingerprint density at radius 3 is 0.877 bits per heavy atom. The van der Waals surface area contributed by atoms with Gasteiger partial charge in [-0.2, -0.15) is 21.1 Å². The molecule has 0 bridgehead atoms. The number of benzene rings is 2. The molecule has 2 aromatic rings. The largest absolute Gasteiger partial charge is 0.189 e. The molecule has 0 saturated heterocycles. The molecule has 0 aliphatic rings. The van der Waals surface area contributed by atoms with E-state index >= 15 is 0 Å². The lowest BCUT2D eigenvalue weighted by Gasteiger charge is -2.45. The second kappa shape index (κ2) is 43.4. The lowest BCUT2D eigenvalue weighted by atomic mass is 9.92. The van der Waals surface area contributed by atoms with E-state index < -0.39 is 13.1 Å². The quantitative estimate of drug-likeness (QED) is 0.0358. The minimum Gasteiger partial charge on any atom is -0.189 e. The van der Waals surface area contributed by atoms with Crippen LogP contribution in [-0.2, 0) is 0 Å². The molecule has 0 fully saturated rings. The summed E-state index contributed by atoms with van der Waals surface area (Å²) in [4.78, 5) is 0. The molecule has 2 heteroatoms. The fraction of sp³-hybridized carbons (Fsp3) is 0.810. The minimum absolute atomic E-state index is 0.778. The van der Waals surface area contributed by atoms with Gasteiger partial charge in [0.1, 0.15) is 13.1 Å². The van der Waals surface area contributed by atoms with Gasteiger partial charge in [0.05, 0.1) is 6.16 Å². The third-order valence-corrected chi connectivity index (χ3v) is 24.4. The third-order valence-electron chi connectivity index (χ3n) is 16.2. The predicted molar refractivity (Wildman–Crippen MR) is 310 cm³/mol. The zero-order valence-corrected chi connectivity index (χ0v) is 49.4. The van der Waals surface area contributed by atoms with Gasteiger partial charge >= 0.3 is 0 Å². The number of unbranched alkanes of at least 4 members (excludes halogenated alkanes) is 3. The third kappa shape index (κ3) is 33.6. The normalized spacial score (nSPS) is 16.3. The van der Waals surface area contributed by atoms with Crippen LogP contribution in [0.5, 0.6) is 0 Å². The van der Waals surface area contributed by atoms with Gasteiger partial charge in [0.2, 0.25) is 0 Å². The molecule has 380 valence electrons. The van der Waals surface area contributed by atoms with E-state index in [0.717, 1.165) is 55.9 Å². The van der Waals surface area contributed by atoms with Gasteiger partial charge in [0.25, 0.3) is 0 Å². The maximum absolute atomic E-state index is 2.70. The Morgan fingerprint density at radius 2 is 0.646 bits per heavy atom. The summed E-state index contributed by atoms with van der Waals surface area (Å²) in [6.45, 7) is 34.8. The van der Waals surface area contributed by atoms with Crippen LogP contribution in [0.15, 0.2) is 60.7 Å². The van der Waals surface area contributed by atoms with Crippen molar-refractivity contribution < 1.29 is 0 Å². The first-order chi connectivity index (χ1) is 31.4. The highest BCUT2D eigenvalue weighted by Crippen LogP contribution is 2.43. The van der Waals surface area contributed by atoms with Crippen LogP contribution < -0.4 is 0 Å². The molecule has 0 aromatic heterocycles. The van der Waals surface area contributed by atoms with E-state index in [4.69, 9.17) is 0 Å². The summed E-state index contributed by atoms with van der Waals surface area (Å²) < 4.78 is 0. The summed E-state index contributed by atoms with van der Waals surface area (Å²) >= 11 is -1.85. The number of hydrogen-bond acceptors (Lipinski definition) is 0. The Balaban J connectivity index is 0.00000164. The smallest absolute Gasteiger partial charge is 0.135 e. The summed E-state index contributed by atoms with van der Waals surface area (Å²) in [5.74, 6) is 7.59. The SMILES string of the molecule is CCCC(CC)CCC(C)[CH2][Al-]([CH2]C(C)CCC(CC)CCC)([CH2]C(C)CCC(CC)CCC)[CH2]C(C)CCC(CC)CCC.CCCCCC[PH2+]C.c1ccc(-c2ccccc2)cc1. The number of hydrogen-bond donors (Lipinski definition) is 0. The molecule has 65 heavy (non-hydrogen) atoms. The van der Waals surface area contributed by atoms with Crippen LogP contribution in [0, 0.1) is 47.3 Å². The molecule has 0 saturated carbocycles. The van der Waals surface area contributed by atoms with Crippen LogP contribution in [0.25, 0.3) is 11.1 Å². The Labute approximate surface area is 416 Å². The van der Waals surface area contributed by atoms with Gasteiger partial charge in [-0.25, -0.2) is 0 Å². The number of rotatable bonds is 38. The van der Waals surface area contributed by atoms with Crippen LogP contribution in [0.2, 0.25) is 21.1 Å². The highest BCUT2D eigenvalue weighted by Gasteiger charge is 2.35. The van der Waals surface area contributed by atoms with Crippen molar-refractivity contribution in [3.8, 4) is 11.1 Å². The minimum atomic E-state index is -1.85. The van der Waals surface area contributed by atoms with E-state index in [1.807, 2.05) is 12.1 Å². The van der Waals surface area contributed by atoms with E-state index in [9.17, 15) is 0 Å². The average molecular weight is 936 g/mol. The predicted octanol–water partition coefficient (Wildman–Crippen LogP) is 22.4. The first-order valence-corrected chi connectivity index (χ1v) is 34.8. The molecule has 0 N–H and O–H groups in total. The molecule has 2 aromatic carbocycles. The molecule has 0 nitrogen and oxygen atoms in total. The molecule has 0 aliphatic carbocycles. The van der Waals surface area contributed by atoms with Gasteiger partial charge in [-0.15, -0.1) is 0 Å². The molecule has 0 radical (unpaired) electrons. The molecule has 0 spiro atoms. The van der Waals surface area contributed by atoms with Crippen LogP contribution in [0.3, 0.4) is 0 Å². The highest BCUT2D eigenvalue weighted by molar-refractivity contribution is 7.36. The summed E-state index contributed by atoms with van der Waals surface area (Å²) in [6.07, 6.45) is 36.0. The van der Waals surface area contributed by atoms with Crippen LogP contribution in [0.1, 0.15) is 244 Å². The maximum atomic E-state index is 2.70. The second-order valence-corrected chi connectivity index (χ2v) is 29.4. The van der Waals surface area contributed by atoms with Crippen LogP contribution in [0.4, 0.5) is 0 Å². The highest BCUT2D eigenvalue weighted by atomic mass is 31.1. The fourth-order valence-electron chi connectivity index (χ4n) is 12.4. The Kier molecular flexibility index (Phi) is 43.0. The summed E-state index contributed by atoms with van der Waals surface area (Å²) in [5, 5.41) is 6.61. The van der Waals surface area contributed by atoms with Crippen molar-refractivity contribution in [3.63, 3.8) is 0 Å². The van der Waals surface area contributed by atoms with E-state index in [0.29, 0.717) is 0 Å². The van der Waals surface area contributed by atoms with Crippen molar-refractivity contribution >= 4 is 21.7 Å². The van der Waals surface area contributed by atoms with Crippen LogP contribution in [-0.4, -0.2) is 25.9 Å². The second-order valence-electron chi connectivity index (χ2n) is 22.6. The summed E-state index contributed by atoms with van der Waals surface area (Å²) in [5.41, 5.74) is 2.55. The van der Waals surface area contributed by atoms with Crippen molar-refractivity contribution in [2.75, 3.05) is 12.8 Å². The molecule has 9 atom stereocenters. The molecule has 2 rings (SSSR count). The van der Waals surface area contributed by atoms with Crippen molar-refractivity contribution in [1.82, 2.24) is 0 Å². The molecular weight excluding hydrogens is 815 g/mol. The first-order valence-electron chi connectivity index (χ1n) is 29.5. The van der Waals surface area contributed by atoms with Gasteiger partial charge < -0.3 is 0 Å². The lowest BCUT2D eigenvalue weighted by Crippen LogP contribution is -2.41. The Morgan fingerprint density at radius 1 is 0.354 bits per heavy atom. The maximum Gasteiger partial charge on any atom is 0.135 e. The van der Waals surface area contributed by atoms with Crippen LogP contribution >= 0.6 is 8.58 Å². The summed E-state index contributed by atoms with van der Waals surface area (Å²) in [7, 11) is 0.778. The van der Waals surface area contributed by atoms with E-state index in [2.05, 4.69) is 145 Å².